The molecule has 5 N–H and O–H groups in total. The molecule has 1 unspecified atom stereocenters. The summed E-state index contributed by atoms with van der Waals surface area (Å²) >= 11 is 7.97. The zero-order chi connectivity index (χ0) is 30.0. The Morgan fingerprint density at radius 3 is 2.31 bits per heavy atom. The Balaban J connectivity index is 1.19. The van der Waals surface area contributed by atoms with Gasteiger partial charge in [0, 0.05) is 40.1 Å². The van der Waals surface area contributed by atoms with Crippen LogP contribution in [0.15, 0.2) is 65.6 Å². The van der Waals surface area contributed by atoms with E-state index in [1.54, 1.807) is 12.1 Å². The average molecular weight is 618 g/mol. The van der Waals surface area contributed by atoms with Gasteiger partial charge < -0.3 is 21.5 Å². The second kappa shape index (κ2) is 12.7. The van der Waals surface area contributed by atoms with Gasteiger partial charge in [0.15, 0.2) is 17.5 Å². The normalized spacial score (nSPS) is 23.8. The third kappa shape index (κ3) is 6.62. The fraction of sp³-hybridized carbons (Fsp3) is 0.355. The van der Waals surface area contributed by atoms with Crippen molar-refractivity contribution in [3.05, 3.63) is 94.3 Å². The van der Waals surface area contributed by atoms with Gasteiger partial charge in [0.05, 0.1) is 16.7 Å². The molecule has 6 nitrogen and oxygen atoms in total. The van der Waals surface area contributed by atoms with Gasteiger partial charge in [-0.1, -0.05) is 41.9 Å². The van der Waals surface area contributed by atoms with Crippen molar-refractivity contribution in [1.29, 1.82) is 0 Å². The molecule has 2 aliphatic carbocycles. The van der Waals surface area contributed by atoms with Crippen molar-refractivity contribution in [2.24, 2.45) is 17.6 Å². The number of carbonyl (C=O) groups is 2. The first-order valence-corrected chi connectivity index (χ1v) is 15.0. The number of anilines is 1. The van der Waals surface area contributed by atoms with Gasteiger partial charge in [0.1, 0.15) is 0 Å². The van der Waals surface area contributed by atoms with Crippen LogP contribution >= 0.6 is 23.4 Å². The van der Waals surface area contributed by atoms with E-state index in [0.717, 1.165) is 18.4 Å². The number of halogens is 4. The number of hydrogen-bond donors (Lipinski definition) is 4. The van der Waals surface area contributed by atoms with Crippen LogP contribution in [0.1, 0.15) is 41.6 Å². The van der Waals surface area contributed by atoms with E-state index in [4.69, 9.17) is 17.3 Å². The zero-order valence-corrected chi connectivity index (χ0v) is 24.2. The van der Waals surface area contributed by atoms with Crippen LogP contribution < -0.4 is 16.4 Å². The minimum absolute atomic E-state index is 0.0204. The van der Waals surface area contributed by atoms with Crippen LogP contribution in [0.4, 0.5) is 18.9 Å². The Morgan fingerprint density at radius 1 is 1.02 bits per heavy atom. The number of carbonyl (C=O) groups excluding carboxylic acids is 2. The predicted octanol–water partition coefficient (Wildman–Crippen LogP) is 5.71. The molecule has 2 aliphatic rings. The molecule has 3 aromatic carbocycles. The van der Waals surface area contributed by atoms with Crippen LogP contribution in [0.3, 0.4) is 0 Å². The maximum Gasteiger partial charge on any atom is 0.255 e. The third-order valence-electron chi connectivity index (χ3n) is 8.28. The molecule has 3 aromatic rings. The summed E-state index contributed by atoms with van der Waals surface area (Å²) in [6.07, 6.45) is 3.48. The lowest BCUT2D eigenvalue weighted by Crippen LogP contribution is -2.55. The fourth-order valence-electron chi connectivity index (χ4n) is 6.06. The summed E-state index contributed by atoms with van der Waals surface area (Å²) in [6, 6.07) is 14.9. The average Bonchev–Trinajstić information content (AvgIpc) is 3.11. The van der Waals surface area contributed by atoms with Crippen molar-refractivity contribution in [2.75, 3.05) is 11.9 Å². The number of rotatable bonds is 9. The molecule has 2 saturated carbocycles. The van der Waals surface area contributed by atoms with Gasteiger partial charge in [-0.2, -0.15) is 0 Å². The van der Waals surface area contributed by atoms with Crippen LogP contribution in [0.5, 0.6) is 0 Å². The first-order chi connectivity index (χ1) is 20.0. The highest BCUT2D eigenvalue weighted by atomic mass is 35.5. The molecule has 11 heteroatoms. The van der Waals surface area contributed by atoms with Gasteiger partial charge >= 0.3 is 0 Å². The molecule has 0 aromatic heterocycles. The number of nitrogens with two attached hydrogens (primary N) is 1. The van der Waals surface area contributed by atoms with Gasteiger partial charge in [0.2, 0.25) is 5.91 Å². The van der Waals surface area contributed by atoms with Gasteiger partial charge in [-0.3, -0.25) is 9.59 Å². The van der Waals surface area contributed by atoms with E-state index >= 15 is 0 Å². The molecule has 2 amide bonds. The van der Waals surface area contributed by atoms with Gasteiger partial charge in [0.25, 0.3) is 5.91 Å². The standard InChI is InChI=1S/C31H31ClF3N3O3S/c32-23-9-6-18(29(39)38-21-14-24(33)28(35)25(34)15-21)11-27(23)42-22-12-19-7-8-20(13-22)31(19,41)16-37-30(40)26(36)10-17-4-2-1-3-5-17/h1-6,9,11,14-15,19-20,22,26,41H,7-8,10,12-13,16,36H2,(H,37,40)(H,38,39)/t19-,20?,22-,26-,31-/m0/s1. The summed E-state index contributed by atoms with van der Waals surface area (Å²) in [5.74, 6) is -5.38. The van der Waals surface area contributed by atoms with Crippen molar-refractivity contribution in [3.8, 4) is 0 Å². The zero-order valence-electron chi connectivity index (χ0n) is 22.6. The Kier molecular flexibility index (Phi) is 9.17. The topological polar surface area (TPSA) is 104 Å². The quantitative estimate of drug-likeness (QED) is 0.230. The maximum absolute atomic E-state index is 13.6. The summed E-state index contributed by atoms with van der Waals surface area (Å²) in [7, 11) is 0. The smallest absolute Gasteiger partial charge is 0.255 e. The van der Waals surface area contributed by atoms with Crippen LogP contribution in [0.25, 0.3) is 0 Å². The Morgan fingerprint density at radius 2 is 1.67 bits per heavy atom. The van der Waals surface area contributed by atoms with Crippen LogP contribution in [-0.4, -0.2) is 40.4 Å². The van der Waals surface area contributed by atoms with E-state index in [1.165, 1.54) is 17.8 Å². The first kappa shape index (κ1) is 30.4. The molecule has 0 heterocycles. The summed E-state index contributed by atoms with van der Waals surface area (Å²) in [4.78, 5) is 26.1. The fourth-order valence-corrected chi connectivity index (χ4v) is 7.70. The number of fused-ring (bicyclic) bond motifs is 2. The third-order valence-corrected chi connectivity index (χ3v) is 10.0. The van der Waals surface area contributed by atoms with Crippen LogP contribution in [0.2, 0.25) is 5.02 Å². The van der Waals surface area contributed by atoms with Gasteiger partial charge in [-0.15, -0.1) is 11.8 Å². The summed E-state index contributed by atoms with van der Waals surface area (Å²) in [6.45, 7) is 0.141. The van der Waals surface area contributed by atoms with E-state index in [-0.39, 0.29) is 40.8 Å². The monoisotopic (exact) mass is 617 g/mol. The Bertz CT molecular complexity index is 1440. The first-order valence-electron chi connectivity index (χ1n) is 13.7. The van der Waals surface area contributed by atoms with Crippen LogP contribution in [0, 0.1) is 29.3 Å². The highest BCUT2D eigenvalue weighted by Gasteiger charge is 2.53. The van der Waals surface area contributed by atoms with E-state index < -0.39 is 35.0 Å². The number of benzene rings is 3. The predicted molar refractivity (Wildman–Crippen MR) is 157 cm³/mol. The van der Waals surface area contributed by atoms with Crippen molar-refractivity contribution in [2.45, 2.75) is 53.9 Å². The van der Waals surface area contributed by atoms with Crippen molar-refractivity contribution >= 4 is 40.9 Å². The SMILES string of the molecule is N[C@@H](Cc1ccccc1)C(=O)NC[C@@]1(O)C2CC[C@H]1C[C@H](Sc1cc(C(=O)Nc3cc(F)c(F)c(F)c3)ccc1Cl)C2. The highest BCUT2D eigenvalue weighted by Crippen LogP contribution is 2.53. The summed E-state index contributed by atoms with van der Waals surface area (Å²) in [5.41, 5.74) is 6.08. The van der Waals surface area contributed by atoms with Crippen molar-refractivity contribution in [3.63, 3.8) is 0 Å². The second-order valence-electron chi connectivity index (χ2n) is 11.0. The molecule has 5 rings (SSSR count). The second-order valence-corrected chi connectivity index (χ2v) is 12.8. The molecule has 5 atom stereocenters. The molecule has 0 saturated heterocycles. The lowest BCUT2D eigenvalue weighted by atomic mass is 9.74. The minimum Gasteiger partial charge on any atom is -0.387 e. The lowest BCUT2D eigenvalue weighted by molar-refractivity contribution is -0.125. The van der Waals surface area contributed by atoms with Crippen LogP contribution in [-0.2, 0) is 11.2 Å². The molecule has 2 fully saturated rings. The number of nitrogens with one attached hydrogen (secondary N) is 2. The summed E-state index contributed by atoms with van der Waals surface area (Å²) in [5, 5.41) is 17.5. The molecule has 0 aliphatic heterocycles. The number of hydrogen-bond acceptors (Lipinski definition) is 5. The Labute approximate surface area is 251 Å². The van der Waals surface area contributed by atoms with E-state index in [2.05, 4.69) is 10.6 Å². The highest BCUT2D eigenvalue weighted by molar-refractivity contribution is 8.00. The molecular weight excluding hydrogens is 587 g/mol. The maximum atomic E-state index is 13.6. The molecule has 0 spiro atoms. The number of aliphatic hydroxyl groups is 1. The van der Waals surface area contributed by atoms with Crippen molar-refractivity contribution in [1.82, 2.24) is 5.32 Å². The molecule has 42 heavy (non-hydrogen) atoms. The largest absolute Gasteiger partial charge is 0.387 e. The number of thioether (sulfide) groups is 1. The molecular formula is C31H31ClF3N3O3S. The summed E-state index contributed by atoms with van der Waals surface area (Å²) < 4.78 is 40.4. The lowest BCUT2D eigenvalue weighted by Gasteiger charge is -2.42. The van der Waals surface area contributed by atoms with Gasteiger partial charge in [-0.05, 0) is 67.7 Å². The number of amides is 2. The van der Waals surface area contributed by atoms with Gasteiger partial charge in [-0.25, -0.2) is 13.2 Å². The molecule has 0 radical (unpaired) electrons. The minimum atomic E-state index is -1.61. The molecule has 222 valence electrons. The Hall–Kier alpha value is -3.05. The molecule has 2 bridgehead atoms. The van der Waals surface area contributed by atoms with Crippen molar-refractivity contribution < 1.29 is 27.9 Å². The van der Waals surface area contributed by atoms with E-state index in [9.17, 15) is 27.9 Å². The van der Waals surface area contributed by atoms with E-state index in [1.807, 2.05) is 30.3 Å². The van der Waals surface area contributed by atoms with E-state index in [0.29, 0.717) is 41.3 Å².